The van der Waals surface area contributed by atoms with Gasteiger partial charge >= 0.3 is 0 Å². The van der Waals surface area contributed by atoms with E-state index >= 15 is 0 Å². The zero-order chi connectivity index (χ0) is 27.3. The molecule has 39 heavy (non-hydrogen) atoms. The van der Waals surface area contributed by atoms with E-state index in [1.807, 2.05) is 55.5 Å². The van der Waals surface area contributed by atoms with Crippen LogP contribution in [0.1, 0.15) is 47.9 Å². The van der Waals surface area contributed by atoms with Crippen LogP contribution in [0.3, 0.4) is 0 Å². The third kappa shape index (κ3) is 4.46. The van der Waals surface area contributed by atoms with Crippen LogP contribution in [0.4, 0.5) is 5.69 Å². The van der Waals surface area contributed by atoms with Crippen LogP contribution in [0.5, 0.6) is 5.88 Å². The van der Waals surface area contributed by atoms with Gasteiger partial charge in [0.2, 0.25) is 5.88 Å². The summed E-state index contributed by atoms with van der Waals surface area (Å²) in [4.78, 5) is 33.0. The molecule has 0 saturated carbocycles. The number of azo groups is 1. The first kappa shape index (κ1) is 25.2. The van der Waals surface area contributed by atoms with Gasteiger partial charge in [0, 0.05) is 10.3 Å². The monoisotopic (exact) mass is 539 g/mol. The lowest BCUT2D eigenvalue weighted by Crippen LogP contribution is -2.28. The summed E-state index contributed by atoms with van der Waals surface area (Å²) in [7, 11) is 0. The number of rotatable bonds is 5. The zero-order valence-corrected chi connectivity index (χ0v) is 22.9. The van der Waals surface area contributed by atoms with Gasteiger partial charge < -0.3 is 9.67 Å². The summed E-state index contributed by atoms with van der Waals surface area (Å²) in [6.45, 7) is 6.32. The van der Waals surface area contributed by atoms with Crippen LogP contribution in [-0.4, -0.2) is 25.1 Å². The SMILES string of the molecule is Cc1ccc(Cn2c(O)c(N=NC(=O)[C@H](C)n3cnc4sc5c(c4c3=O)CC[C@H](C)C5)c3ccccc32)cc1. The number of nitrogens with zero attached hydrogens (tertiary/aromatic N) is 5. The molecule has 1 aliphatic rings. The minimum absolute atomic E-state index is 0.0691. The molecule has 0 bridgehead atoms. The van der Waals surface area contributed by atoms with E-state index in [9.17, 15) is 14.7 Å². The number of hydrogen-bond donors (Lipinski definition) is 1. The minimum Gasteiger partial charge on any atom is -0.493 e. The van der Waals surface area contributed by atoms with Crippen molar-refractivity contribution in [3.8, 4) is 5.88 Å². The predicted molar refractivity (Wildman–Crippen MR) is 153 cm³/mol. The van der Waals surface area contributed by atoms with Gasteiger partial charge in [0.05, 0.1) is 23.8 Å². The zero-order valence-electron chi connectivity index (χ0n) is 22.1. The molecule has 2 atom stereocenters. The van der Waals surface area contributed by atoms with Gasteiger partial charge in [0.1, 0.15) is 10.9 Å². The molecule has 1 aliphatic carbocycles. The summed E-state index contributed by atoms with van der Waals surface area (Å²) in [6, 6.07) is 14.7. The summed E-state index contributed by atoms with van der Waals surface area (Å²) < 4.78 is 3.10. The summed E-state index contributed by atoms with van der Waals surface area (Å²) in [5.74, 6) is -0.0703. The molecular formula is C30H29N5O3S. The Morgan fingerprint density at radius 1 is 1.21 bits per heavy atom. The minimum atomic E-state index is -0.890. The van der Waals surface area contributed by atoms with Crippen molar-refractivity contribution in [2.75, 3.05) is 0 Å². The van der Waals surface area contributed by atoms with E-state index in [1.165, 1.54) is 15.8 Å². The average Bonchev–Trinajstić information content (AvgIpc) is 3.43. The first-order valence-corrected chi connectivity index (χ1v) is 14.0. The maximum absolute atomic E-state index is 13.5. The quantitative estimate of drug-likeness (QED) is 0.259. The normalized spacial score (nSPS) is 16.2. The molecule has 9 heteroatoms. The smallest absolute Gasteiger partial charge is 0.287 e. The number of amides is 1. The number of aryl methyl sites for hydroxylation is 2. The third-order valence-electron chi connectivity index (χ3n) is 7.64. The maximum atomic E-state index is 13.5. The highest BCUT2D eigenvalue weighted by Gasteiger charge is 2.25. The lowest BCUT2D eigenvalue weighted by atomic mass is 9.89. The molecule has 0 spiro atoms. The predicted octanol–water partition coefficient (Wildman–Crippen LogP) is 6.47. The van der Waals surface area contributed by atoms with Gasteiger partial charge in [-0.3, -0.25) is 14.2 Å². The van der Waals surface area contributed by atoms with Crippen molar-refractivity contribution < 1.29 is 9.90 Å². The molecule has 8 nitrogen and oxygen atoms in total. The molecular weight excluding hydrogens is 510 g/mol. The van der Waals surface area contributed by atoms with Gasteiger partial charge in [-0.1, -0.05) is 55.0 Å². The Kier molecular flexibility index (Phi) is 6.38. The summed E-state index contributed by atoms with van der Waals surface area (Å²) in [6.07, 6.45) is 4.28. The Morgan fingerprint density at radius 3 is 2.77 bits per heavy atom. The average molecular weight is 540 g/mol. The Hall–Kier alpha value is -4.11. The maximum Gasteiger partial charge on any atom is 0.287 e. The fraction of sp³-hybridized carbons (Fsp3) is 0.300. The Bertz CT molecular complexity index is 1810. The van der Waals surface area contributed by atoms with E-state index < -0.39 is 11.9 Å². The lowest BCUT2D eigenvalue weighted by molar-refractivity contribution is -0.121. The molecule has 1 N–H and O–H groups in total. The first-order valence-electron chi connectivity index (χ1n) is 13.1. The molecule has 0 fully saturated rings. The van der Waals surface area contributed by atoms with Crippen LogP contribution in [0.2, 0.25) is 0 Å². The molecule has 0 aliphatic heterocycles. The highest BCUT2D eigenvalue weighted by atomic mass is 32.1. The number of aromatic hydroxyl groups is 1. The molecule has 6 rings (SSSR count). The second-order valence-corrected chi connectivity index (χ2v) is 11.5. The highest BCUT2D eigenvalue weighted by Crippen LogP contribution is 2.39. The third-order valence-corrected chi connectivity index (χ3v) is 8.81. The fourth-order valence-corrected chi connectivity index (χ4v) is 6.67. The number of thiophene rings is 1. The van der Waals surface area contributed by atoms with Crippen molar-refractivity contribution in [1.29, 1.82) is 0 Å². The Balaban J connectivity index is 1.32. The van der Waals surface area contributed by atoms with Gasteiger partial charge in [-0.15, -0.1) is 21.6 Å². The highest BCUT2D eigenvalue weighted by molar-refractivity contribution is 7.18. The van der Waals surface area contributed by atoms with Crippen molar-refractivity contribution in [3.63, 3.8) is 0 Å². The number of benzene rings is 2. The van der Waals surface area contributed by atoms with E-state index in [0.29, 0.717) is 23.2 Å². The summed E-state index contributed by atoms with van der Waals surface area (Å²) >= 11 is 1.58. The van der Waals surface area contributed by atoms with E-state index in [4.69, 9.17) is 0 Å². The molecule has 3 heterocycles. The molecule has 0 unspecified atom stereocenters. The van der Waals surface area contributed by atoms with Crippen LogP contribution in [-0.2, 0) is 24.2 Å². The summed E-state index contributed by atoms with van der Waals surface area (Å²) in [5, 5.41) is 20.5. The van der Waals surface area contributed by atoms with Crippen LogP contribution >= 0.6 is 11.3 Å². The number of para-hydroxylation sites is 1. The molecule has 1 amide bonds. The Labute approximate surface area is 229 Å². The number of hydrogen-bond acceptors (Lipinski definition) is 6. The van der Waals surface area contributed by atoms with Gasteiger partial charge in [0.25, 0.3) is 11.5 Å². The van der Waals surface area contributed by atoms with E-state index in [2.05, 4.69) is 22.1 Å². The van der Waals surface area contributed by atoms with Gasteiger partial charge in [-0.2, -0.15) is 0 Å². The van der Waals surface area contributed by atoms with Gasteiger partial charge in [-0.25, -0.2) is 4.98 Å². The van der Waals surface area contributed by atoms with Crippen molar-refractivity contribution >= 4 is 44.1 Å². The largest absolute Gasteiger partial charge is 0.493 e. The number of carbonyl (C=O) groups is 1. The second-order valence-electron chi connectivity index (χ2n) is 10.5. The first-order chi connectivity index (χ1) is 18.8. The van der Waals surface area contributed by atoms with Crippen molar-refractivity contribution in [3.05, 3.63) is 86.8 Å². The topological polar surface area (TPSA) is 102 Å². The fourth-order valence-electron chi connectivity index (χ4n) is 5.33. The molecule has 2 aromatic carbocycles. The van der Waals surface area contributed by atoms with Crippen LogP contribution in [0, 0.1) is 12.8 Å². The number of carbonyl (C=O) groups excluding carboxylic acids is 1. The Morgan fingerprint density at radius 2 is 1.97 bits per heavy atom. The van der Waals surface area contributed by atoms with Crippen LogP contribution in [0.25, 0.3) is 21.1 Å². The van der Waals surface area contributed by atoms with Crippen LogP contribution < -0.4 is 5.56 Å². The number of aromatic nitrogens is 3. The molecule has 198 valence electrons. The molecule has 5 aromatic rings. The van der Waals surface area contributed by atoms with E-state index in [-0.39, 0.29) is 17.1 Å². The van der Waals surface area contributed by atoms with Crippen LogP contribution in [0.15, 0.2) is 69.9 Å². The van der Waals surface area contributed by atoms with Crippen molar-refractivity contribution in [1.82, 2.24) is 14.1 Å². The van der Waals surface area contributed by atoms with Crippen molar-refractivity contribution in [2.45, 2.75) is 52.6 Å². The molecule has 0 radical (unpaired) electrons. The van der Waals surface area contributed by atoms with E-state index in [1.54, 1.807) is 22.8 Å². The summed E-state index contributed by atoms with van der Waals surface area (Å²) in [5.41, 5.74) is 4.04. The van der Waals surface area contributed by atoms with Crippen molar-refractivity contribution in [2.24, 2.45) is 16.1 Å². The molecule has 0 saturated heterocycles. The lowest BCUT2D eigenvalue weighted by Gasteiger charge is -2.17. The second kappa shape index (κ2) is 9.89. The van der Waals surface area contributed by atoms with Gasteiger partial charge in [-0.05, 0) is 56.2 Å². The standard InChI is InChI=1S/C30H29N5O3S/c1-17-8-11-20(12-9-17)15-34-23-7-5-4-6-21(23)26(30(34)38)32-33-27(36)19(3)35-16-31-28-25(29(35)37)22-13-10-18(2)14-24(22)39-28/h4-9,11-12,16,18-19,38H,10,13-15H2,1-3H3/t18-,19-/m0/s1. The number of fused-ring (bicyclic) bond motifs is 4. The van der Waals surface area contributed by atoms with Gasteiger partial charge in [0.15, 0.2) is 5.69 Å². The molecule has 3 aromatic heterocycles. The van der Waals surface area contributed by atoms with E-state index in [0.717, 1.165) is 46.3 Å².